The smallest absolute Gasteiger partial charge is 0.114 e. The number of halogens is 1. The lowest BCUT2D eigenvalue weighted by molar-refractivity contribution is 0.268. The van der Waals surface area contributed by atoms with Crippen LogP contribution in [0.4, 0.5) is 4.39 Å². The fraction of sp³-hybridized carbons (Fsp3) is 0.500. The summed E-state index contributed by atoms with van der Waals surface area (Å²) >= 11 is 0. The number of rotatable bonds is 11. The highest BCUT2D eigenvalue weighted by atomic mass is 19.1. The summed E-state index contributed by atoms with van der Waals surface area (Å²) in [4.78, 5) is 0. The van der Waals surface area contributed by atoms with E-state index in [1.165, 1.54) is 5.57 Å². The van der Waals surface area contributed by atoms with E-state index in [4.69, 9.17) is 0 Å². The van der Waals surface area contributed by atoms with Gasteiger partial charge in [0.05, 0.1) is 0 Å². The highest BCUT2D eigenvalue weighted by molar-refractivity contribution is 5.40. The summed E-state index contributed by atoms with van der Waals surface area (Å²) in [7, 11) is 0. The first-order valence-corrected chi connectivity index (χ1v) is 11.0. The summed E-state index contributed by atoms with van der Waals surface area (Å²) in [6.07, 6.45) is 14.2. The normalized spacial score (nSPS) is 24.0. The van der Waals surface area contributed by atoms with Crippen molar-refractivity contribution in [2.45, 2.75) is 79.4 Å². The Balaban J connectivity index is 2.70. The maximum absolute atomic E-state index is 14.2. The molecule has 2 heteroatoms. The molecule has 0 spiro atoms. The molecule has 0 amide bonds. The van der Waals surface area contributed by atoms with Gasteiger partial charge in [-0.1, -0.05) is 89.5 Å². The van der Waals surface area contributed by atoms with Crippen molar-refractivity contribution in [1.29, 1.82) is 0 Å². The number of allylic oxidation sites excluding steroid dienone is 8. The lowest BCUT2D eigenvalue weighted by Crippen LogP contribution is -2.26. The summed E-state index contributed by atoms with van der Waals surface area (Å²) in [5.41, 5.74) is 4.36. The topological polar surface area (TPSA) is 12.0 Å². The molecular weight excluding hydrogens is 369 g/mol. The van der Waals surface area contributed by atoms with Crippen molar-refractivity contribution >= 4 is 0 Å². The Kier molecular flexibility index (Phi) is 9.34. The minimum absolute atomic E-state index is 0.0469. The van der Waals surface area contributed by atoms with Crippen molar-refractivity contribution < 1.29 is 4.39 Å². The standard InChI is InChI=1S/C28H42FN/c1-11-25(17-18-28(29)19-22(28)5)15-13-20(3)23(6)30-24(7)26(12-2)16-14-21(4)27(8,9)10/h11-16,22-23,30H,1,4,7,17-19H2,2-3,5-6,8-10H3/b16-14-,20-13+,25-15+,26-12+. The zero-order valence-corrected chi connectivity index (χ0v) is 20.2. The van der Waals surface area contributed by atoms with Gasteiger partial charge in [-0.15, -0.1) is 0 Å². The first-order valence-electron chi connectivity index (χ1n) is 11.0. The predicted molar refractivity (Wildman–Crippen MR) is 132 cm³/mol. The first-order chi connectivity index (χ1) is 13.8. The van der Waals surface area contributed by atoms with E-state index in [-0.39, 0.29) is 17.4 Å². The van der Waals surface area contributed by atoms with Gasteiger partial charge in [0.2, 0.25) is 0 Å². The van der Waals surface area contributed by atoms with Crippen molar-refractivity contribution in [3.05, 3.63) is 84.2 Å². The largest absolute Gasteiger partial charge is 0.379 e. The third kappa shape index (κ3) is 7.97. The van der Waals surface area contributed by atoms with Crippen molar-refractivity contribution in [3.8, 4) is 0 Å². The molecule has 1 aliphatic rings. The second-order valence-electron chi connectivity index (χ2n) is 9.69. The van der Waals surface area contributed by atoms with Crippen molar-refractivity contribution in [3.63, 3.8) is 0 Å². The molecule has 0 bridgehead atoms. The molecule has 1 aliphatic carbocycles. The van der Waals surface area contributed by atoms with Crippen LogP contribution in [-0.2, 0) is 0 Å². The molecule has 0 aromatic rings. The van der Waals surface area contributed by atoms with Gasteiger partial charge in [-0.05, 0) is 68.1 Å². The van der Waals surface area contributed by atoms with Gasteiger partial charge in [0.25, 0.3) is 0 Å². The summed E-state index contributed by atoms with van der Waals surface area (Å²) < 4.78 is 14.2. The number of hydrogen-bond acceptors (Lipinski definition) is 1. The summed E-state index contributed by atoms with van der Waals surface area (Å²) in [5.74, 6) is 0.200. The van der Waals surface area contributed by atoms with Gasteiger partial charge in [0, 0.05) is 11.7 Å². The molecule has 3 atom stereocenters. The number of nitrogens with one attached hydrogen (secondary N) is 1. The van der Waals surface area contributed by atoms with Crippen LogP contribution in [0.2, 0.25) is 0 Å². The van der Waals surface area contributed by atoms with E-state index in [1.54, 1.807) is 0 Å². The molecular formula is C28H42FN. The molecule has 166 valence electrons. The minimum atomic E-state index is -0.956. The van der Waals surface area contributed by atoms with Crippen LogP contribution in [-0.4, -0.2) is 11.7 Å². The Labute approximate surface area is 184 Å². The van der Waals surface area contributed by atoms with E-state index in [0.29, 0.717) is 12.8 Å². The molecule has 0 saturated heterocycles. The Hall–Kier alpha value is -2.09. The van der Waals surface area contributed by atoms with Gasteiger partial charge in [0.1, 0.15) is 5.67 Å². The van der Waals surface area contributed by atoms with E-state index < -0.39 is 5.67 Å². The Morgan fingerprint density at radius 3 is 2.30 bits per heavy atom. The van der Waals surface area contributed by atoms with Crippen LogP contribution in [0.1, 0.15) is 67.7 Å². The third-order valence-corrected chi connectivity index (χ3v) is 6.18. The zero-order chi connectivity index (χ0) is 23.1. The quantitative estimate of drug-likeness (QED) is 0.338. The molecule has 0 aromatic heterocycles. The molecule has 1 fully saturated rings. The highest BCUT2D eigenvalue weighted by Crippen LogP contribution is 2.50. The Morgan fingerprint density at radius 1 is 1.23 bits per heavy atom. The van der Waals surface area contributed by atoms with E-state index in [1.807, 2.05) is 19.9 Å². The number of alkyl halides is 1. The third-order valence-electron chi connectivity index (χ3n) is 6.18. The second kappa shape index (κ2) is 10.8. The van der Waals surface area contributed by atoms with Gasteiger partial charge < -0.3 is 5.32 Å². The van der Waals surface area contributed by atoms with Gasteiger partial charge in [-0.25, -0.2) is 4.39 Å². The van der Waals surface area contributed by atoms with Gasteiger partial charge in [-0.2, -0.15) is 0 Å². The predicted octanol–water partition coefficient (Wildman–Crippen LogP) is 8.17. The Bertz CT molecular complexity index is 769. The summed E-state index contributed by atoms with van der Waals surface area (Å²) in [5, 5.41) is 3.48. The zero-order valence-electron chi connectivity index (χ0n) is 20.2. The monoisotopic (exact) mass is 411 g/mol. The van der Waals surface area contributed by atoms with Crippen LogP contribution in [0.5, 0.6) is 0 Å². The molecule has 1 saturated carbocycles. The molecule has 0 aromatic carbocycles. The van der Waals surface area contributed by atoms with Crippen LogP contribution in [0.15, 0.2) is 84.2 Å². The molecule has 0 radical (unpaired) electrons. The maximum Gasteiger partial charge on any atom is 0.114 e. The molecule has 3 unspecified atom stereocenters. The number of hydrogen-bond donors (Lipinski definition) is 1. The SMILES string of the molecule is C=C/C(=C\C=C(/C)C(C)NC(=C)C(/C=C\C(=C)C(C)(C)C)=C/C)CCC1(F)CC1C. The van der Waals surface area contributed by atoms with E-state index in [0.717, 1.165) is 28.8 Å². The maximum atomic E-state index is 14.2. The van der Waals surface area contributed by atoms with Crippen molar-refractivity contribution in [1.82, 2.24) is 5.32 Å². The van der Waals surface area contributed by atoms with Crippen LogP contribution < -0.4 is 5.32 Å². The molecule has 1 nitrogen and oxygen atoms in total. The average molecular weight is 412 g/mol. The van der Waals surface area contributed by atoms with Gasteiger partial charge >= 0.3 is 0 Å². The molecule has 1 rings (SSSR count). The van der Waals surface area contributed by atoms with Crippen molar-refractivity contribution in [2.24, 2.45) is 11.3 Å². The lowest BCUT2D eigenvalue weighted by Gasteiger charge is -2.20. The van der Waals surface area contributed by atoms with Crippen LogP contribution >= 0.6 is 0 Å². The molecule has 0 aliphatic heterocycles. The summed E-state index contributed by atoms with van der Waals surface area (Å²) in [6, 6.07) is 0.130. The fourth-order valence-corrected chi connectivity index (χ4v) is 3.06. The van der Waals surface area contributed by atoms with Crippen LogP contribution in [0.25, 0.3) is 0 Å². The summed E-state index contributed by atoms with van der Waals surface area (Å²) in [6.45, 7) is 26.9. The Morgan fingerprint density at radius 2 is 1.83 bits per heavy atom. The van der Waals surface area contributed by atoms with Crippen LogP contribution in [0, 0.1) is 11.3 Å². The van der Waals surface area contributed by atoms with E-state index >= 15 is 0 Å². The molecule has 0 heterocycles. The van der Waals surface area contributed by atoms with E-state index in [2.05, 4.69) is 90.1 Å². The average Bonchev–Trinajstić information content (AvgIpc) is 3.27. The van der Waals surface area contributed by atoms with Gasteiger partial charge in [-0.3, -0.25) is 0 Å². The van der Waals surface area contributed by atoms with Crippen LogP contribution in [0.3, 0.4) is 0 Å². The first kappa shape index (κ1) is 25.9. The molecule has 30 heavy (non-hydrogen) atoms. The highest BCUT2D eigenvalue weighted by Gasteiger charge is 2.51. The molecule has 1 N–H and O–H groups in total. The van der Waals surface area contributed by atoms with E-state index in [9.17, 15) is 4.39 Å². The van der Waals surface area contributed by atoms with Gasteiger partial charge in [0.15, 0.2) is 0 Å². The van der Waals surface area contributed by atoms with Crippen molar-refractivity contribution in [2.75, 3.05) is 0 Å². The minimum Gasteiger partial charge on any atom is -0.379 e. The second-order valence-corrected chi connectivity index (χ2v) is 9.69. The lowest BCUT2D eigenvalue weighted by atomic mass is 9.87. The fourth-order valence-electron chi connectivity index (χ4n) is 3.06.